The van der Waals surface area contributed by atoms with E-state index in [2.05, 4.69) is 24.0 Å². The molecule has 0 spiro atoms. The van der Waals surface area contributed by atoms with Crippen LogP contribution in [0.1, 0.15) is 38.2 Å². The molecule has 0 fully saturated rings. The van der Waals surface area contributed by atoms with Crippen molar-refractivity contribution in [1.82, 2.24) is 4.90 Å². The summed E-state index contributed by atoms with van der Waals surface area (Å²) in [4.78, 5) is 2.45. The Labute approximate surface area is 116 Å². The summed E-state index contributed by atoms with van der Waals surface area (Å²) in [7, 11) is 0. The first-order valence-electron chi connectivity index (χ1n) is 6.93. The monoisotopic (exact) mass is 268 g/mol. The van der Waals surface area contributed by atoms with Crippen LogP contribution in [0.2, 0.25) is 5.02 Å². The van der Waals surface area contributed by atoms with E-state index < -0.39 is 0 Å². The first-order valence-corrected chi connectivity index (χ1v) is 7.31. The molecule has 0 atom stereocenters. The topological polar surface area (TPSA) is 29.3 Å². The Morgan fingerprint density at radius 1 is 1.11 bits per heavy atom. The van der Waals surface area contributed by atoms with E-state index in [0.29, 0.717) is 0 Å². The molecule has 0 saturated heterocycles. The Hall–Kier alpha value is -0.570. The minimum Gasteiger partial charge on any atom is -0.330 e. The van der Waals surface area contributed by atoms with Crippen molar-refractivity contribution in [2.45, 2.75) is 39.2 Å². The van der Waals surface area contributed by atoms with Gasteiger partial charge in [-0.1, -0.05) is 49.6 Å². The highest BCUT2D eigenvalue weighted by molar-refractivity contribution is 6.31. The van der Waals surface area contributed by atoms with Crippen molar-refractivity contribution < 1.29 is 0 Å². The van der Waals surface area contributed by atoms with Crippen molar-refractivity contribution in [3.8, 4) is 0 Å². The van der Waals surface area contributed by atoms with Gasteiger partial charge in [-0.15, -0.1) is 0 Å². The van der Waals surface area contributed by atoms with Crippen molar-refractivity contribution >= 4 is 11.6 Å². The number of halogens is 1. The van der Waals surface area contributed by atoms with Crippen LogP contribution in [-0.4, -0.2) is 24.5 Å². The van der Waals surface area contributed by atoms with Crippen LogP contribution in [0.15, 0.2) is 24.3 Å². The fourth-order valence-corrected chi connectivity index (χ4v) is 2.25. The minimum atomic E-state index is 0.817. The smallest absolute Gasteiger partial charge is 0.0451 e. The standard InChI is InChI=1S/C15H25ClN2/c1-2-18(12-8-4-3-7-11-17)13-14-9-5-6-10-15(14)16/h5-6,9-10H,2-4,7-8,11-13,17H2,1H3. The molecule has 1 aromatic rings. The number of unbranched alkanes of at least 4 members (excludes halogenated alkanes) is 3. The van der Waals surface area contributed by atoms with Gasteiger partial charge in [-0.3, -0.25) is 4.90 Å². The molecule has 102 valence electrons. The fraction of sp³-hybridized carbons (Fsp3) is 0.600. The van der Waals surface area contributed by atoms with Gasteiger partial charge in [0, 0.05) is 11.6 Å². The summed E-state index contributed by atoms with van der Waals surface area (Å²) < 4.78 is 0. The lowest BCUT2D eigenvalue weighted by atomic mass is 10.1. The first-order chi connectivity index (χ1) is 8.77. The van der Waals surface area contributed by atoms with Gasteiger partial charge in [-0.2, -0.15) is 0 Å². The van der Waals surface area contributed by atoms with Crippen LogP contribution in [-0.2, 0) is 6.54 Å². The van der Waals surface area contributed by atoms with E-state index in [0.717, 1.165) is 37.6 Å². The summed E-state index contributed by atoms with van der Waals surface area (Å²) in [6.45, 7) is 6.19. The third-order valence-electron chi connectivity index (χ3n) is 3.23. The molecule has 0 aliphatic heterocycles. The maximum Gasteiger partial charge on any atom is 0.0451 e. The van der Waals surface area contributed by atoms with E-state index in [9.17, 15) is 0 Å². The Kier molecular flexibility index (Phi) is 8.06. The fourth-order valence-electron chi connectivity index (χ4n) is 2.05. The zero-order valence-corrected chi connectivity index (χ0v) is 12.1. The number of nitrogens with zero attached hydrogens (tertiary/aromatic N) is 1. The first kappa shape index (κ1) is 15.5. The molecule has 0 unspecified atom stereocenters. The molecule has 0 aromatic heterocycles. The average molecular weight is 269 g/mol. The van der Waals surface area contributed by atoms with Gasteiger partial charge in [-0.25, -0.2) is 0 Å². The van der Waals surface area contributed by atoms with Crippen LogP contribution in [0, 0.1) is 0 Å². The van der Waals surface area contributed by atoms with Gasteiger partial charge in [0.2, 0.25) is 0 Å². The normalized spacial score (nSPS) is 11.1. The van der Waals surface area contributed by atoms with Crippen molar-refractivity contribution in [1.29, 1.82) is 0 Å². The molecule has 0 bridgehead atoms. The predicted molar refractivity (Wildman–Crippen MR) is 79.9 cm³/mol. The average Bonchev–Trinajstić information content (AvgIpc) is 2.39. The summed E-state index contributed by atoms with van der Waals surface area (Å²) in [5.41, 5.74) is 6.72. The molecule has 1 rings (SSSR count). The van der Waals surface area contributed by atoms with Crippen molar-refractivity contribution in [3.63, 3.8) is 0 Å². The summed E-state index contributed by atoms with van der Waals surface area (Å²) in [6.07, 6.45) is 4.92. The number of rotatable bonds is 9. The molecule has 3 heteroatoms. The van der Waals surface area contributed by atoms with Gasteiger partial charge in [-0.05, 0) is 44.1 Å². The maximum absolute atomic E-state index is 6.19. The molecule has 0 aliphatic carbocycles. The van der Waals surface area contributed by atoms with Crippen LogP contribution in [0.25, 0.3) is 0 Å². The van der Waals surface area contributed by atoms with Crippen LogP contribution in [0.4, 0.5) is 0 Å². The number of hydrogen-bond donors (Lipinski definition) is 1. The second kappa shape index (κ2) is 9.37. The van der Waals surface area contributed by atoms with Crippen molar-refractivity contribution in [3.05, 3.63) is 34.9 Å². The van der Waals surface area contributed by atoms with Gasteiger partial charge in [0.05, 0.1) is 0 Å². The zero-order valence-electron chi connectivity index (χ0n) is 11.4. The third kappa shape index (κ3) is 5.85. The van der Waals surface area contributed by atoms with Crippen molar-refractivity contribution in [2.24, 2.45) is 5.73 Å². The van der Waals surface area contributed by atoms with Crippen LogP contribution in [0.5, 0.6) is 0 Å². The molecule has 0 radical (unpaired) electrons. The summed E-state index contributed by atoms with van der Waals surface area (Å²) in [5.74, 6) is 0. The Morgan fingerprint density at radius 3 is 2.50 bits per heavy atom. The quantitative estimate of drug-likeness (QED) is 0.693. The molecular formula is C15H25ClN2. The largest absolute Gasteiger partial charge is 0.330 e. The molecule has 0 aliphatic rings. The van der Waals surface area contributed by atoms with E-state index in [-0.39, 0.29) is 0 Å². The number of nitrogens with two attached hydrogens (primary N) is 1. The molecule has 2 nitrogen and oxygen atoms in total. The van der Waals surface area contributed by atoms with Gasteiger partial charge in [0.25, 0.3) is 0 Å². The van der Waals surface area contributed by atoms with E-state index in [1.807, 2.05) is 12.1 Å². The Balaban J connectivity index is 2.31. The van der Waals surface area contributed by atoms with Crippen molar-refractivity contribution in [2.75, 3.05) is 19.6 Å². The van der Waals surface area contributed by atoms with Gasteiger partial charge in [0.1, 0.15) is 0 Å². The molecule has 0 saturated carbocycles. The summed E-state index contributed by atoms with van der Waals surface area (Å²) >= 11 is 6.19. The lowest BCUT2D eigenvalue weighted by Gasteiger charge is -2.21. The molecule has 18 heavy (non-hydrogen) atoms. The summed E-state index contributed by atoms with van der Waals surface area (Å²) in [6, 6.07) is 8.11. The minimum absolute atomic E-state index is 0.817. The van der Waals surface area contributed by atoms with Gasteiger partial charge >= 0.3 is 0 Å². The highest BCUT2D eigenvalue weighted by atomic mass is 35.5. The van der Waals surface area contributed by atoms with Gasteiger partial charge < -0.3 is 5.73 Å². The molecule has 0 heterocycles. The highest BCUT2D eigenvalue weighted by Gasteiger charge is 2.05. The number of benzene rings is 1. The maximum atomic E-state index is 6.19. The van der Waals surface area contributed by atoms with E-state index in [4.69, 9.17) is 17.3 Å². The lowest BCUT2D eigenvalue weighted by molar-refractivity contribution is 0.272. The third-order valence-corrected chi connectivity index (χ3v) is 3.60. The van der Waals surface area contributed by atoms with E-state index in [1.54, 1.807) is 0 Å². The lowest BCUT2D eigenvalue weighted by Crippen LogP contribution is -2.24. The second-order valence-corrected chi connectivity index (χ2v) is 5.07. The Morgan fingerprint density at radius 2 is 1.83 bits per heavy atom. The predicted octanol–water partition coefficient (Wildman–Crippen LogP) is 3.68. The zero-order chi connectivity index (χ0) is 13.2. The molecule has 2 N–H and O–H groups in total. The second-order valence-electron chi connectivity index (χ2n) is 4.66. The van der Waals surface area contributed by atoms with Crippen LogP contribution in [0.3, 0.4) is 0 Å². The molecule has 1 aromatic carbocycles. The van der Waals surface area contributed by atoms with Gasteiger partial charge in [0.15, 0.2) is 0 Å². The van der Waals surface area contributed by atoms with E-state index in [1.165, 1.54) is 24.8 Å². The SMILES string of the molecule is CCN(CCCCCCN)Cc1ccccc1Cl. The van der Waals surface area contributed by atoms with E-state index >= 15 is 0 Å². The van der Waals surface area contributed by atoms with Crippen LogP contribution >= 0.6 is 11.6 Å². The Bertz CT molecular complexity index is 328. The molecule has 0 amide bonds. The van der Waals surface area contributed by atoms with Crippen LogP contribution < -0.4 is 5.73 Å². The summed E-state index contributed by atoms with van der Waals surface area (Å²) in [5, 5.41) is 0.874. The molecular weight excluding hydrogens is 244 g/mol. The number of hydrogen-bond acceptors (Lipinski definition) is 2. The highest BCUT2D eigenvalue weighted by Crippen LogP contribution is 2.17.